The predicted octanol–water partition coefficient (Wildman–Crippen LogP) is 12.3. The molecule has 1 aliphatic rings. The molecule has 1 aliphatic heterocycles. The van der Waals surface area contributed by atoms with E-state index in [1.54, 1.807) is 13.8 Å². The van der Waals surface area contributed by atoms with Crippen LogP contribution in [0.2, 0.25) is 0 Å². The Morgan fingerprint density at radius 2 is 1.00 bits per heavy atom. The Hall–Kier alpha value is -3.24. The Labute approximate surface area is 371 Å². The second-order valence-electron chi connectivity index (χ2n) is 17.7. The van der Waals surface area contributed by atoms with E-state index >= 15 is 0 Å². The first-order chi connectivity index (χ1) is 29.4. The molecule has 0 saturated carbocycles. The average molecular weight is 858 g/mol. The monoisotopic (exact) mass is 858 g/mol. The van der Waals surface area contributed by atoms with Gasteiger partial charge in [-0.1, -0.05) is 141 Å². The van der Waals surface area contributed by atoms with Gasteiger partial charge in [0.1, 0.15) is 19.3 Å². The van der Waals surface area contributed by atoms with Crippen molar-refractivity contribution in [2.45, 2.75) is 220 Å². The highest BCUT2D eigenvalue weighted by Crippen LogP contribution is 2.34. The maximum Gasteiger partial charge on any atom is 0.307 e. The van der Waals surface area contributed by atoms with E-state index in [2.05, 4.69) is 67.8 Å². The van der Waals surface area contributed by atoms with E-state index < -0.39 is 35.3 Å². The topological polar surface area (TPSA) is 126 Å². The van der Waals surface area contributed by atoms with Crippen LogP contribution in [0.4, 0.5) is 0 Å². The third-order valence-electron chi connectivity index (χ3n) is 10.6. The SMILES string of the molecule is CCCCC/C=C\C/C=C\CCCCCCCC(=O)OCC(COC(=O)CCNC(=O)[C@@H]1OC(C)(C)OCC1(C)C)OC(=O)CCCCCCC/C=C\C/C=C\CCCCC. The van der Waals surface area contributed by atoms with Gasteiger partial charge in [0.15, 0.2) is 11.9 Å². The van der Waals surface area contributed by atoms with Crippen LogP contribution in [0.1, 0.15) is 202 Å². The molecule has 1 N–H and O–H groups in total. The predicted molar refractivity (Wildman–Crippen MR) is 247 cm³/mol. The van der Waals surface area contributed by atoms with Crippen LogP contribution in [0.3, 0.4) is 0 Å². The molecule has 0 aromatic rings. The van der Waals surface area contributed by atoms with Crippen molar-refractivity contribution in [3.8, 4) is 0 Å². The van der Waals surface area contributed by atoms with Crippen LogP contribution < -0.4 is 5.32 Å². The third-order valence-corrected chi connectivity index (χ3v) is 10.6. The lowest BCUT2D eigenvalue weighted by molar-refractivity contribution is -0.304. The molecule has 0 aromatic heterocycles. The number of amides is 1. The van der Waals surface area contributed by atoms with Crippen molar-refractivity contribution in [3.63, 3.8) is 0 Å². The van der Waals surface area contributed by atoms with Crippen molar-refractivity contribution < 1.29 is 42.9 Å². The van der Waals surface area contributed by atoms with E-state index in [-0.39, 0.29) is 50.9 Å². The zero-order chi connectivity index (χ0) is 44.9. The Bertz CT molecular complexity index is 1280. The lowest BCUT2D eigenvalue weighted by Crippen LogP contribution is -2.56. The molecular formula is C51H87NO9. The van der Waals surface area contributed by atoms with Crippen LogP contribution in [0, 0.1) is 5.41 Å². The highest BCUT2D eigenvalue weighted by atomic mass is 16.7. The highest BCUT2D eigenvalue weighted by molar-refractivity contribution is 5.82. The summed E-state index contributed by atoms with van der Waals surface area (Å²) < 4.78 is 28.2. The summed E-state index contributed by atoms with van der Waals surface area (Å²) in [5.41, 5.74) is -0.543. The zero-order valence-corrected chi connectivity index (χ0v) is 39.5. The fourth-order valence-electron chi connectivity index (χ4n) is 6.74. The normalized spacial score (nSPS) is 16.7. The number of unbranched alkanes of at least 4 members (excludes halogenated alkanes) is 16. The smallest absolute Gasteiger partial charge is 0.307 e. The molecule has 10 nitrogen and oxygen atoms in total. The molecule has 1 unspecified atom stereocenters. The second kappa shape index (κ2) is 36.3. The molecular weight excluding hydrogens is 771 g/mol. The van der Waals surface area contributed by atoms with Gasteiger partial charge in [0.25, 0.3) is 0 Å². The Kier molecular flexibility index (Phi) is 33.2. The van der Waals surface area contributed by atoms with Gasteiger partial charge in [0.05, 0.1) is 13.0 Å². The molecule has 0 radical (unpaired) electrons. The first-order valence-electron chi connectivity index (χ1n) is 24.1. The molecule has 10 heteroatoms. The summed E-state index contributed by atoms with van der Waals surface area (Å²) in [6.07, 6.45) is 40.8. The second-order valence-corrected chi connectivity index (χ2v) is 17.7. The molecule has 1 amide bonds. The molecule has 0 bridgehead atoms. The molecule has 0 spiro atoms. The number of carbonyl (C=O) groups excluding carboxylic acids is 4. The highest BCUT2D eigenvalue weighted by Gasteiger charge is 2.45. The van der Waals surface area contributed by atoms with E-state index in [1.807, 2.05) is 13.8 Å². The molecule has 1 saturated heterocycles. The van der Waals surface area contributed by atoms with E-state index in [0.717, 1.165) is 83.5 Å². The molecule has 0 aliphatic carbocycles. The van der Waals surface area contributed by atoms with E-state index in [9.17, 15) is 19.2 Å². The van der Waals surface area contributed by atoms with Gasteiger partial charge < -0.3 is 29.0 Å². The maximum atomic E-state index is 12.9. The lowest BCUT2D eigenvalue weighted by Gasteiger charge is -2.44. The van der Waals surface area contributed by atoms with Crippen LogP contribution in [0.5, 0.6) is 0 Å². The van der Waals surface area contributed by atoms with Gasteiger partial charge in [-0.05, 0) is 90.9 Å². The maximum absolute atomic E-state index is 12.9. The summed E-state index contributed by atoms with van der Waals surface area (Å²) in [5, 5.41) is 2.77. The number of nitrogens with one attached hydrogen (secondary N) is 1. The van der Waals surface area contributed by atoms with Gasteiger partial charge in [0, 0.05) is 24.8 Å². The molecule has 2 atom stereocenters. The summed E-state index contributed by atoms with van der Waals surface area (Å²) in [4.78, 5) is 51.0. The molecule has 1 rings (SSSR count). The van der Waals surface area contributed by atoms with Gasteiger partial charge in [-0.25, -0.2) is 0 Å². The number of ether oxygens (including phenoxy) is 5. The van der Waals surface area contributed by atoms with Gasteiger partial charge in [-0.3, -0.25) is 19.2 Å². The van der Waals surface area contributed by atoms with Crippen molar-refractivity contribution in [1.29, 1.82) is 0 Å². The fraction of sp³-hybridized carbons (Fsp3) is 0.765. The zero-order valence-electron chi connectivity index (χ0n) is 39.5. The average Bonchev–Trinajstić information content (AvgIpc) is 3.22. The third kappa shape index (κ3) is 32.2. The number of hydrogen-bond acceptors (Lipinski definition) is 9. The van der Waals surface area contributed by atoms with E-state index in [0.29, 0.717) is 13.0 Å². The first-order valence-corrected chi connectivity index (χ1v) is 24.1. The van der Waals surface area contributed by atoms with Crippen molar-refractivity contribution >= 4 is 23.8 Å². The molecule has 61 heavy (non-hydrogen) atoms. The van der Waals surface area contributed by atoms with E-state index in [1.165, 1.54) is 51.4 Å². The number of hydrogen-bond donors (Lipinski definition) is 1. The van der Waals surface area contributed by atoms with Crippen molar-refractivity contribution in [2.75, 3.05) is 26.4 Å². The molecule has 350 valence electrons. The van der Waals surface area contributed by atoms with Gasteiger partial charge in [-0.15, -0.1) is 0 Å². The standard InChI is InChI=1S/C51H87NO9/c1-7-9-11-13-15-17-19-21-23-25-27-29-31-33-35-37-45(53)57-41-44(42-58-46(54)39-40-52-49(56)48-50(3,4)43-59-51(5,6)61-48)60-47(55)38-36-34-32-30-28-26-24-22-20-18-16-14-12-10-8-2/h15-18,21-24,44,48H,7-14,19-20,25-43H2,1-6H3,(H,52,56)/b17-15-,18-16-,23-21-,24-22-/t44?,48-/m0/s1. The summed E-state index contributed by atoms with van der Waals surface area (Å²) >= 11 is 0. The summed E-state index contributed by atoms with van der Waals surface area (Å²) in [7, 11) is 0. The van der Waals surface area contributed by atoms with Crippen molar-refractivity contribution in [1.82, 2.24) is 5.32 Å². The Morgan fingerprint density at radius 1 is 0.574 bits per heavy atom. The van der Waals surface area contributed by atoms with Gasteiger partial charge in [-0.2, -0.15) is 0 Å². The minimum atomic E-state index is -0.920. The number of rotatable bonds is 37. The molecule has 1 fully saturated rings. The minimum absolute atomic E-state index is 0.0503. The fourth-order valence-corrected chi connectivity index (χ4v) is 6.74. The van der Waals surface area contributed by atoms with Crippen LogP contribution in [-0.2, 0) is 42.9 Å². The largest absolute Gasteiger partial charge is 0.462 e. The Morgan fingerprint density at radius 3 is 1.49 bits per heavy atom. The lowest BCUT2D eigenvalue weighted by atomic mass is 9.85. The van der Waals surface area contributed by atoms with Crippen molar-refractivity contribution in [3.05, 3.63) is 48.6 Å². The molecule has 0 aromatic carbocycles. The summed E-state index contributed by atoms with van der Waals surface area (Å²) in [6.45, 7) is 11.7. The van der Waals surface area contributed by atoms with Crippen molar-refractivity contribution in [2.24, 2.45) is 5.41 Å². The van der Waals surface area contributed by atoms with Gasteiger partial charge >= 0.3 is 17.9 Å². The van der Waals surface area contributed by atoms with Gasteiger partial charge in [0.2, 0.25) is 5.91 Å². The summed E-state index contributed by atoms with van der Waals surface area (Å²) in [6, 6.07) is 0. The van der Waals surface area contributed by atoms with Crippen LogP contribution >= 0.6 is 0 Å². The Balaban J connectivity index is 2.44. The van der Waals surface area contributed by atoms with Crippen LogP contribution in [0.15, 0.2) is 48.6 Å². The minimum Gasteiger partial charge on any atom is -0.462 e. The van der Waals surface area contributed by atoms with Crippen LogP contribution in [-0.4, -0.2) is 68.2 Å². The summed E-state index contributed by atoms with van der Waals surface area (Å²) in [5.74, 6) is -2.57. The number of esters is 3. The number of allylic oxidation sites excluding steroid dienone is 8. The van der Waals surface area contributed by atoms with E-state index in [4.69, 9.17) is 23.7 Å². The quantitative estimate of drug-likeness (QED) is 0.0281. The van der Waals surface area contributed by atoms with Crippen LogP contribution in [0.25, 0.3) is 0 Å². The first kappa shape index (κ1) is 55.8. The number of carbonyl (C=O) groups is 4. The molecule has 1 heterocycles.